The number of likely N-dealkylation sites (tertiary alicyclic amines) is 1. The van der Waals surface area contributed by atoms with Gasteiger partial charge >= 0.3 is 0 Å². The molecule has 2 heteroatoms. The summed E-state index contributed by atoms with van der Waals surface area (Å²) in [4.78, 5) is 2.81. The molecule has 0 saturated carbocycles. The van der Waals surface area contributed by atoms with Crippen molar-refractivity contribution < 1.29 is 0 Å². The fraction of sp³-hybridized carbons (Fsp3) is 1.00. The number of hydrogen-bond donors (Lipinski definition) is 1. The molecule has 18 heavy (non-hydrogen) atoms. The second-order valence-corrected chi connectivity index (χ2v) is 6.30. The Bertz CT molecular complexity index is 223. The number of nitrogens with zero attached hydrogens (tertiary/aromatic N) is 1. The Morgan fingerprint density at radius 1 is 1.22 bits per heavy atom. The van der Waals surface area contributed by atoms with Crippen LogP contribution in [-0.2, 0) is 0 Å². The molecular weight excluding hydrogens is 220 g/mol. The maximum Gasteiger partial charge on any atom is 0.0108 e. The van der Waals surface area contributed by atoms with Crippen LogP contribution in [0, 0.1) is 5.92 Å². The largest absolute Gasteiger partial charge is 0.314 e. The van der Waals surface area contributed by atoms with Crippen molar-refractivity contribution in [3.63, 3.8) is 0 Å². The van der Waals surface area contributed by atoms with E-state index in [1.165, 1.54) is 71.0 Å². The standard InChI is InChI=1S/C16H32N2/c1-3-5-9-15(4-2)18-12-7-8-14(13-18)16-10-6-11-17-16/h14-17H,3-13H2,1-2H3. The molecule has 2 rings (SSSR count). The third-order valence-corrected chi connectivity index (χ3v) is 5.04. The van der Waals surface area contributed by atoms with Crippen molar-refractivity contribution in [3.8, 4) is 0 Å². The van der Waals surface area contributed by atoms with Crippen LogP contribution in [0.25, 0.3) is 0 Å². The average Bonchev–Trinajstić information content (AvgIpc) is 2.94. The second-order valence-electron chi connectivity index (χ2n) is 6.30. The molecule has 3 unspecified atom stereocenters. The predicted octanol–water partition coefficient (Wildman–Crippen LogP) is 3.42. The van der Waals surface area contributed by atoms with Gasteiger partial charge in [0.05, 0.1) is 0 Å². The summed E-state index contributed by atoms with van der Waals surface area (Å²) in [7, 11) is 0. The summed E-state index contributed by atoms with van der Waals surface area (Å²) in [5.74, 6) is 0.928. The van der Waals surface area contributed by atoms with E-state index in [-0.39, 0.29) is 0 Å². The molecule has 106 valence electrons. The summed E-state index contributed by atoms with van der Waals surface area (Å²) in [6, 6.07) is 1.69. The van der Waals surface area contributed by atoms with E-state index < -0.39 is 0 Å². The summed E-state index contributed by atoms with van der Waals surface area (Å²) in [5, 5.41) is 3.72. The summed E-state index contributed by atoms with van der Waals surface area (Å²) in [5.41, 5.74) is 0. The van der Waals surface area contributed by atoms with Gasteiger partial charge in [-0.25, -0.2) is 0 Å². The molecule has 0 bridgehead atoms. The highest BCUT2D eigenvalue weighted by Crippen LogP contribution is 2.27. The van der Waals surface area contributed by atoms with Gasteiger partial charge in [0.1, 0.15) is 0 Å². The zero-order valence-corrected chi connectivity index (χ0v) is 12.5. The highest BCUT2D eigenvalue weighted by Gasteiger charge is 2.30. The zero-order valence-electron chi connectivity index (χ0n) is 12.5. The average molecular weight is 252 g/mol. The zero-order chi connectivity index (χ0) is 12.8. The molecule has 0 radical (unpaired) electrons. The quantitative estimate of drug-likeness (QED) is 0.779. The van der Waals surface area contributed by atoms with Crippen LogP contribution in [0.15, 0.2) is 0 Å². The normalized spacial score (nSPS) is 31.7. The van der Waals surface area contributed by atoms with E-state index in [1.54, 1.807) is 0 Å². The first kappa shape index (κ1) is 14.3. The minimum absolute atomic E-state index is 0.830. The van der Waals surface area contributed by atoms with Gasteiger partial charge in [0.15, 0.2) is 0 Å². The molecule has 1 N–H and O–H groups in total. The Labute approximate surface area is 114 Å². The van der Waals surface area contributed by atoms with Gasteiger partial charge in [-0.1, -0.05) is 26.7 Å². The van der Waals surface area contributed by atoms with Crippen LogP contribution in [0.4, 0.5) is 0 Å². The third kappa shape index (κ3) is 3.71. The summed E-state index contributed by atoms with van der Waals surface area (Å²) >= 11 is 0. The van der Waals surface area contributed by atoms with Gasteiger partial charge in [-0.2, -0.15) is 0 Å². The molecule has 2 fully saturated rings. The van der Waals surface area contributed by atoms with E-state index in [1.807, 2.05) is 0 Å². The molecule has 0 aromatic heterocycles. The molecule has 3 atom stereocenters. The van der Waals surface area contributed by atoms with Crippen molar-refractivity contribution in [2.75, 3.05) is 19.6 Å². The molecule has 2 saturated heterocycles. The molecule has 0 aromatic rings. The van der Waals surface area contributed by atoms with Crippen LogP contribution in [0.2, 0.25) is 0 Å². The first-order valence-corrected chi connectivity index (χ1v) is 8.32. The van der Waals surface area contributed by atoms with Gasteiger partial charge in [-0.15, -0.1) is 0 Å². The van der Waals surface area contributed by atoms with Crippen molar-refractivity contribution in [1.82, 2.24) is 10.2 Å². The number of piperidine rings is 1. The summed E-state index contributed by atoms with van der Waals surface area (Å²) < 4.78 is 0. The Hall–Kier alpha value is -0.0800. The lowest BCUT2D eigenvalue weighted by Crippen LogP contribution is -2.47. The van der Waals surface area contributed by atoms with Crippen molar-refractivity contribution in [2.24, 2.45) is 5.92 Å². The Balaban J connectivity index is 1.83. The number of hydrogen-bond acceptors (Lipinski definition) is 2. The van der Waals surface area contributed by atoms with Gasteiger partial charge in [0.2, 0.25) is 0 Å². The Morgan fingerprint density at radius 3 is 2.78 bits per heavy atom. The molecule has 2 aliphatic rings. The fourth-order valence-electron chi connectivity index (χ4n) is 3.90. The lowest BCUT2D eigenvalue weighted by molar-refractivity contribution is 0.0985. The van der Waals surface area contributed by atoms with Crippen molar-refractivity contribution in [2.45, 2.75) is 77.3 Å². The van der Waals surface area contributed by atoms with Gasteiger partial charge in [0.25, 0.3) is 0 Å². The van der Waals surface area contributed by atoms with E-state index in [9.17, 15) is 0 Å². The maximum absolute atomic E-state index is 3.72. The monoisotopic (exact) mass is 252 g/mol. The van der Waals surface area contributed by atoms with E-state index >= 15 is 0 Å². The SMILES string of the molecule is CCCCC(CC)N1CCCC(C2CCCN2)C1. The Kier molecular flexibility index (Phi) is 5.97. The second kappa shape index (κ2) is 7.49. The highest BCUT2D eigenvalue weighted by atomic mass is 15.2. The van der Waals surface area contributed by atoms with Crippen LogP contribution >= 0.6 is 0 Å². The molecular formula is C16H32N2. The van der Waals surface area contributed by atoms with E-state index in [0.717, 1.165) is 18.0 Å². The van der Waals surface area contributed by atoms with Gasteiger partial charge in [-0.3, -0.25) is 0 Å². The first-order valence-electron chi connectivity index (χ1n) is 8.32. The predicted molar refractivity (Wildman–Crippen MR) is 78.9 cm³/mol. The van der Waals surface area contributed by atoms with E-state index in [2.05, 4.69) is 24.1 Å². The Morgan fingerprint density at radius 2 is 2.11 bits per heavy atom. The lowest BCUT2D eigenvalue weighted by Gasteiger charge is -2.40. The summed E-state index contributed by atoms with van der Waals surface area (Å²) in [6.07, 6.45) is 11.2. The molecule has 0 aromatic carbocycles. The fourth-order valence-corrected chi connectivity index (χ4v) is 3.90. The van der Waals surface area contributed by atoms with Gasteiger partial charge in [-0.05, 0) is 57.5 Å². The molecule has 2 aliphatic heterocycles. The number of unbranched alkanes of at least 4 members (excludes halogenated alkanes) is 1. The van der Waals surface area contributed by atoms with E-state index in [0.29, 0.717) is 0 Å². The highest BCUT2D eigenvalue weighted by molar-refractivity contribution is 4.88. The number of rotatable bonds is 6. The molecule has 0 spiro atoms. The minimum Gasteiger partial charge on any atom is -0.314 e. The molecule has 2 nitrogen and oxygen atoms in total. The topological polar surface area (TPSA) is 15.3 Å². The van der Waals surface area contributed by atoms with Crippen molar-refractivity contribution in [1.29, 1.82) is 0 Å². The van der Waals surface area contributed by atoms with Crippen molar-refractivity contribution in [3.05, 3.63) is 0 Å². The van der Waals surface area contributed by atoms with Crippen LogP contribution in [-0.4, -0.2) is 36.6 Å². The summed E-state index contributed by atoms with van der Waals surface area (Å²) in [6.45, 7) is 8.66. The van der Waals surface area contributed by atoms with Crippen LogP contribution in [0.1, 0.15) is 65.2 Å². The first-order chi connectivity index (χ1) is 8.85. The smallest absolute Gasteiger partial charge is 0.0108 e. The van der Waals surface area contributed by atoms with Gasteiger partial charge in [0, 0.05) is 18.6 Å². The molecule has 2 heterocycles. The van der Waals surface area contributed by atoms with E-state index in [4.69, 9.17) is 0 Å². The van der Waals surface area contributed by atoms with Crippen LogP contribution < -0.4 is 5.32 Å². The molecule has 0 amide bonds. The molecule has 0 aliphatic carbocycles. The van der Waals surface area contributed by atoms with Gasteiger partial charge < -0.3 is 10.2 Å². The van der Waals surface area contributed by atoms with Crippen LogP contribution in [0.5, 0.6) is 0 Å². The maximum atomic E-state index is 3.72. The minimum atomic E-state index is 0.830. The number of nitrogens with one attached hydrogen (secondary N) is 1. The van der Waals surface area contributed by atoms with Crippen LogP contribution in [0.3, 0.4) is 0 Å². The van der Waals surface area contributed by atoms with Crippen molar-refractivity contribution >= 4 is 0 Å². The lowest BCUT2D eigenvalue weighted by atomic mass is 9.88. The third-order valence-electron chi connectivity index (χ3n) is 5.04.